The van der Waals surface area contributed by atoms with E-state index in [1.165, 1.54) is 58.2 Å². The summed E-state index contributed by atoms with van der Waals surface area (Å²) in [6.45, 7) is 4.03. The average molecular weight is 194 g/mol. The van der Waals surface area contributed by atoms with Crippen LogP contribution in [0.3, 0.4) is 0 Å². The van der Waals surface area contributed by atoms with E-state index >= 15 is 0 Å². The van der Waals surface area contributed by atoms with Gasteiger partial charge in [-0.3, -0.25) is 4.90 Å². The van der Waals surface area contributed by atoms with Gasteiger partial charge in [-0.05, 0) is 38.1 Å². The number of hydrogen-bond donors (Lipinski definition) is 1. The van der Waals surface area contributed by atoms with Crippen LogP contribution >= 0.6 is 0 Å². The van der Waals surface area contributed by atoms with Gasteiger partial charge in [-0.2, -0.15) is 0 Å². The van der Waals surface area contributed by atoms with Crippen LogP contribution in [0.4, 0.5) is 0 Å². The zero-order chi connectivity index (χ0) is 9.38. The molecule has 3 atom stereocenters. The molecule has 2 saturated heterocycles. The van der Waals surface area contributed by atoms with E-state index in [9.17, 15) is 0 Å². The van der Waals surface area contributed by atoms with Gasteiger partial charge in [-0.1, -0.05) is 12.8 Å². The van der Waals surface area contributed by atoms with Crippen molar-refractivity contribution in [3.63, 3.8) is 0 Å². The number of fused-ring (bicyclic) bond motifs is 2. The number of nitrogens with one attached hydrogen (secondary N) is 1. The summed E-state index contributed by atoms with van der Waals surface area (Å²) in [4.78, 5) is 2.75. The van der Waals surface area contributed by atoms with Gasteiger partial charge >= 0.3 is 0 Å². The average Bonchev–Trinajstić information content (AvgIpc) is 2.58. The van der Waals surface area contributed by atoms with Crippen molar-refractivity contribution in [2.45, 2.75) is 50.6 Å². The van der Waals surface area contributed by atoms with Gasteiger partial charge in [0, 0.05) is 25.2 Å². The molecular weight excluding hydrogens is 172 g/mol. The molecule has 80 valence electrons. The molecule has 2 aliphatic heterocycles. The van der Waals surface area contributed by atoms with E-state index in [4.69, 9.17) is 0 Å². The van der Waals surface area contributed by atoms with Crippen LogP contribution in [0.2, 0.25) is 0 Å². The van der Waals surface area contributed by atoms with E-state index in [1.807, 2.05) is 0 Å². The Labute approximate surface area is 87.0 Å². The molecule has 2 nitrogen and oxygen atoms in total. The molecule has 0 amide bonds. The minimum Gasteiger partial charge on any atom is -0.312 e. The van der Waals surface area contributed by atoms with Crippen molar-refractivity contribution in [2.24, 2.45) is 5.92 Å². The first-order valence-corrected chi connectivity index (χ1v) is 6.41. The fraction of sp³-hybridized carbons (Fsp3) is 1.00. The standard InChI is InChI=1S/C12H22N2/c1-2-6-12-10(4-1)9-14-7-3-5-11(14)8-13-12/h10-13H,1-9H2. The molecule has 3 rings (SSSR count). The van der Waals surface area contributed by atoms with Gasteiger partial charge in [0.15, 0.2) is 0 Å². The Morgan fingerprint density at radius 3 is 2.93 bits per heavy atom. The molecule has 0 aromatic heterocycles. The molecule has 14 heavy (non-hydrogen) atoms. The van der Waals surface area contributed by atoms with Crippen LogP contribution in [-0.2, 0) is 0 Å². The Morgan fingerprint density at radius 1 is 1.00 bits per heavy atom. The maximum Gasteiger partial charge on any atom is 0.0221 e. The van der Waals surface area contributed by atoms with E-state index in [0.717, 1.165) is 18.0 Å². The van der Waals surface area contributed by atoms with Gasteiger partial charge in [0.1, 0.15) is 0 Å². The minimum atomic E-state index is 0.856. The number of nitrogens with zero attached hydrogens (tertiary/aromatic N) is 1. The fourth-order valence-corrected chi connectivity index (χ4v) is 3.65. The molecule has 1 aliphatic carbocycles. The van der Waals surface area contributed by atoms with Gasteiger partial charge in [-0.15, -0.1) is 0 Å². The van der Waals surface area contributed by atoms with E-state index < -0.39 is 0 Å². The van der Waals surface area contributed by atoms with Crippen molar-refractivity contribution in [1.29, 1.82) is 0 Å². The van der Waals surface area contributed by atoms with Gasteiger partial charge in [0.2, 0.25) is 0 Å². The molecule has 1 saturated carbocycles. The Bertz CT molecular complexity index is 204. The minimum absolute atomic E-state index is 0.856. The van der Waals surface area contributed by atoms with Crippen molar-refractivity contribution in [3.8, 4) is 0 Å². The smallest absolute Gasteiger partial charge is 0.0221 e. The Kier molecular flexibility index (Phi) is 2.50. The van der Waals surface area contributed by atoms with Crippen LogP contribution in [0.25, 0.3) is 0 Å². The highest BCUT2D eigenvalue weighted by molar-refractivity contribution is 4.92. The summed E-state index contributed by atoms with van der Waals surface area (Å²) in [6.07, 6.45) is 8.71. The molecule has 2 heterocycles. The fourth-order valence-electron chi connectivity index (χ4n) is 3.65. The second-order valence-corrected chi connectivity index (χ2v) is 5.35. The second-order valence-electron chi connectivity index (χ2n) is 5.35. The summed E-state index contributed by atoms with van der Waals surface area (Å²) >= 11 is 0. The lowest BCUT2D eigenvalue weighted by atomic mass is 9.84. The quantitative estimate of drug-likeness (QED) is 0.630. The van der Waals surface area contributed by atoms with Crippen LogP contribution < -0.4 is 5.32 Å². The topological polar surface area (TPSA) is 15.3 Å². The first-order valence-electron chi connectivity index (χ1n) is 6.41. The first-order chi connectivity index (χ1) is 6.93. The lowest BCUT2D eigenvalue weighted by Gasteiger charge is -2.31. The summed E-state index contributed by atoms with van der Waals surface area (Å²) < 4.78 is 0. The molecule has 0 radical (unpaired) electrons. The maximum atomic E-state index is 3.81. The van der Waals surface area contributed by atoms with Crippen LogP contribution in [0.5, 0.6) is 0 Å². The van der Waals surface area contributed by atoms with Crippen LogP contribution in [0.1, 0.15) is 38.5 Å². The predicted molar refractivity (Wildman–Crippen MR) is 58.3 cm³/mol. The van der Waals surface area contributed by atoms with Gasteiger partial charge in [-0.25, -0.2) is 0 Å². The Hall–Kier alpha value is -0.0800. The van der Waals surface area contributed by atoms with Crippen LogP contribution in [0.15, 0.2) is 0 Å². The first kappa shape index (κ1) is 9.17. The molecule has 3 aliphatic rings. The summed E-state index contributed by atoms with van der Waals surface area (Å²) in [5, 5.41) is 3.81. The summed E-state index contributed by atoms with van der Waals surface area (Å²) in [5.41, 5.74) is 0. The van der Waals surface area contributed by atoms with Crippen LogP contribution in [0, 0.1) is 5.92 Å². The van der Waals surface area contributed by atoms with E-state index in [0.29, 0.717) is 0 Å². The largest absolute Gasteiger partial charge is 0.312 e. The Morgan fingerprint density at radius 2 is 1.93 bits per heavy atom. The molecule has 0 bridgehead atoms. The Balaban J connectivity index is 1.71. The lowest BCUT2D eigenvalue weighted by Crippen LogP contribution is -2.39. The molecule has 0 aromatic carbocycles. The molecular formula is C12H22N2. The van der Waals surface area contributed by atoms with E-state index in [2.05, 4.69) is 10.2 Å². The number of hydrogen-bond acceptors (Lipinski definition) is 2. The normalized spacial score (nSPS) is 44.1. The van der Waals surface area contributed by atoms with Crippen molar-refractivity contribution < 1.29 is 0 Å². The lowest BCUT2D eigenvalue weighted by molar-refractivity contribution is 0.204. The highest BCUT2D eigenvalue weighted by Gasteiger charge is 2.34. The molecule has 0 spiro atoms. The van der Waals surface area contributed by atoms with Gasteiger partial charge in [0.25, 0.3) is 0 Å². The monoisotopic (exact) mass is 194 g/mol. The molecule has 0 aromatic rings. The third kappa shape index (κ3) is 1.59. The van der Waals surface area contributed by atoms with Gasteiger partial charge < -0.3 is 5.32 Å². The molecule has 3 fully saturated rings. The maximum absolute atomic E-state index is 3.81. The van der Waals surface area contributed by atoms with Crippen molar-refractivity contribution in [2.75, 3.05) is 19.6 Å². The van der Waals surface area contributed by atoms with Gasteiger partial charge in [0.05, 0.1) is 0 Å². The zero-order valence-corrected chi connectivity index (χ0v) is 9.04. The van der Waals surface area contributed by atoms with Crippen molar-refractivity contribution in [3.05, 3.63) is 0 Å². The zero-order valence-electron chi connectivity index (χ0n) is 9.04. The van der Waals surface area contributed by atoms with E-state index in [-0.39, 0.29) is 0 Å². The third-order valence-corrected chi connectivity index (χ3v) is 4.49. The number of rotatable bonds is 0. The van der Waals surface area contributed by atoms with Crippen molar-refractivity contribution >= 4 is 0 Å². The predicted octanol–water partition coefficient (Wildman–Crippen LogP) is 1.61. The summed E-state index contributed by atoms with van der Waals surface area (Å²) in [6, 6.07) is 1.73. The molecule has 1 N–H and O–H groups in total. The van der Waals surface area contributed by atoms with Crippen LogP contribution in [-0.4, -0.2) is 36.6 Å². The summed E-state index contributed by atoms with van der Waals surface area (Å²) in [5.74, 6) is 0.965. The third-order valence-electron chi connectivity index (χ3n) is 4.49. The SMILES string of the molecule is C1CCC2NCC3CCCN3CC2C1. The highest BCUT2D eigenvalue weighted by Crippen LogP contribution is 2.30. The van der Waals surface area contributed by atoms with Crippen molar-refractivity contribution in [1.82, 2.24) is 10.2 Å². The summed E-state index contributed by atoms with van der Waals surface area (Å²) in [7, 11) is 0. The molecule has 3 unspecified atom stereocenters. The van der Waals surface area contributed by atoms with E-state index in [1.54, 1.807) is 0 Å². The molecule has 2 heteroatoms. The second kappa shape index (κ2) is 3.82. The highest BCUT2D eigenvalue weighted by atomic mass is 15.2.